The summed E-state index contributed by atoms with van der Waals surface area (Å²) in [6.45, 7) is 1.23. The van der Waals surface area contributed by atoms with Crippen LogP contribution in [-0.2, 0) is 14.8 Å². The number of para-hydroxylation sites is 2. The lowest BCUT2D eigenvalue weighted by molar-refractivity contribution is -0.131. The maximum atomic E-state index is 13.0. The van der Waals surface area contributed by atoms with Gasteiger partial charge in [0, 0.05) is 26.6 Å². The summed E-state index contributed by atoms with van der Waals surface area (Å²) in [4.78, 5) is 14.2. The number of hydrogen-bond acceptors (Lipinski definition) is 7. The molecule has 0 aliphatic carbocycles. The number of hydrogen-bond donors (Lipinski definition) is 0. The topological polar surface area (TPSA) is 94.6 Å². The largest absolute Gasteiger partial charge is 0.490 e. The lowest BCUT2D eigenvalue weighted by atomic mass is 10.2. The van der Waals surface area contributed by atoms with Crippen LogP contribution in [-0.4, -0.2) is 76.6 Å². The predicted octanol–water partition coefficient (Wildman–Crippen LogP) is 1.77. The molecule has 0 fully saturated rings. The van der Waals surface area contributed by atoms with Crippen molar-refractivity contribution in [2.45, 2.75) is 17.4 Å². The summed E-state index contributed by atoms with van der Waals surface area (Å²) in [6, 6.07) is 11.8. The monoisotopic (exact) mass is 462 g/mol. The van der Waals surface area contributed by atoms with Crippen molar-refractivity contribution < 1.29 is 32.2 Å². The maximum absolute atomic E-state index is 13.0. The number of carbonyl (C=O) groups is 1. The average molecular weight is 463 g/mol. The number of amides is 1. The van der Waals surface area contributed by atoms with Crippen LogP contribution in [0.4, 0.5) is 0 Å². The van der Waals surface area contributed by atoms with Crippen molar-refractivity contribution in [1.29, 1.82) is 0 Å². The van der Waals surface area contributed by atoms with Crippen molar-refractivity contribution in [2.75, 3.05) is 47.0 Å². The molecule has 2 aromatic carbocycles. The van der Waals surface area contributed by atoms with Crippen molar-refractivity contribution in [3.63, 3.8) is 0 Å². The van der Waals surface area contributed by atoms with Gasteiger partial charge in [-0.15, -0.1) is 0 Å². The van der Waals surface area contributed by atoms with Crippen LogP contribution in [0.3, 0.4) is 0 Å². The molecule has 1 amide bonds. The normalized spacial score (nSPS) is 17.5. The van der Waals surface area contributed by atoms with Gasteiger partial charge in [0.15, 0.2) is 29.1 Å². The van der Waals surface area contributed by atoms with Gasteiger partial charge in [-0.3, -0.25) is 4.79 Å². The van der Waals surface area contributed by atoms with E-state index in [0.717, 1.165) is 10.7 Å². The van der Waals surface area contributed by atoms with Gasteiger partial charge in [-0.25, -0.2) is 8.42 Å². The molecule has 1 atom stereocenters. The molecule has 2 heterocycles. The highest BCUT2D eigenvalue weighted by Gasteiger charge is 2.28. The Labute approximate surface area is 187 Å². The van der Waals surface area contributed by atoms with Crippen LogP contribution in [0.1, 0.15) is 6.42 Å². The summed E-state index contributed by atoms with van der Waals surface area (Å²) in [5.41, 5.74) is 0. The molecule has 0 spiro atoms. The molecule has 32 heavy (non-hydrogen) atoms. The molecule has 0 saturated carbocycles. The fraction of sp³-hybridized carbons (Fsp3) is 0.409. The van der Waals surface area contributed by atoms with Crippen LogP contribution in [0, 0.1) is 0 Å². The Kier molecular flexibility index (Phi) is 6.43. The highest BCUT2D eigenvalue weighted by atomic mass is 32.2. The highest BCUT2D eigenvalue weighted by Crippen LogP contribution is 2.33. The third-order valence-electron chi connectivity index (χ3n) is 5.26. The van der Waals surface area contributed by atoms with Crippen molar-refractivity contribution >= 4 is 15.9 Å². The molecule has 0 aromatic heterocycles. The number of carbonyl (C=O) groups excluding carboxylic acids is 1. The maximum Gasteiger partial charge on any atom is 0.243 e. The number of benzene rings is 2. The quantitative estimate of drug-likeness (QED) is 0.646. The van der Waals surface area contributed by atoms with E-state index in [1.54, 1.807) is 19.2 Å². The number of likely N-dealkylation sites (N-methyl/N-ethyl adjacent to an activating group) is 2. The Morgan fingerprint density at radius 1 is 0.969 bits per heavy atom. The van der Waals surface area contributed by atoms with Crippen LogP contribution in [0.25, 0.3) is 0 Å². The highest BCUT2D eigenvalue weighted by molar-refractivity contribution is 7.89. The van der Waals surface area contributed by atoms with E-state index in [1.165, 1.54) is 24.1 Å². The second kappa shape index (κ2) is 9.25. The molecule has 0 bridgehead atoms. The first-order valence-electron chi connectivity index (χ1n) is 10.3. The number of sulfonamides is 1. The first-order valence-corrected chi connectivity index (χ1v) is 11.8. The third kappa shape index (κ3) is 4.76. The molecule has 0 N–H and O–H groups in total. The molecule has 0 saturated heterocycles. The summed E-state index contributed by atoms with van der Waals surface area (Å²) in [6.07, 6.45) is 0.376. The lowest BCUT2D eigenvalue weighted by Gasteiger charge is -2.30. The predicted molar refractivity (Wildman–Crippen MR) is 116 cm³/mol. The van der Waals surface area contributed by atoms with E-state index < -0.39 is 10.0 Å². The molecule has 172 valence electrons. The van der Waals surface area contributed by atoms with Gasteiger partial charge < -0.3 is 23.8 Å². The zero-order chi connectivity index (χ0) is 22.7. The van der Waals surface area contributed by atoms with Crippen molar-refractivity contribution in [2.24, 2.45) is 0 Å². The molecule has 2 aromatic rings. The third-order valence-corrected chi connectivity index (χ3v) is 7.06. The van der Waals surface area contributed by atoms with Crippen LogP contribution in [0.5, 0.6) is 23.0 Å². The summed E-state index contributed by atoms with van der Waals surface area (Å²) in [5, 5.41) is 0. The molecule has 4 rings (SSSR count). The zero-order valence-corrected chi connectivity index (χ0v) is 18.8. The summed E-state index contributed by atoms with van der Waals surface area (Å²) in [7, 11) is -0.905. The fourth-order valence-corrected chi connectivity index (χ4v) is 4.58. The zero-order valence-electron chi connectivity index (χ0n) is 18.0. The number of ether oxygens (including phenoxy) is 4. The number of fused-ring (bicyclic) bond motifs is 2. The van der Waals surface area contributed by atoms with Crippen LogP contribution < -0.4 is 18.9 Å². The minimum Gasteiger partial charge on any atom is -0.490 e. The van der Waals surface area contributed by atoms with Gasteiger partial charge in [0.05, 0.1) is 31.2 Å². The summed E-state index contributed by atoms with van der Waals surface area (Å²) < 4.78 is 49.7. The van der Waals surface area contributed by atoms with Gasteiger partial charge >= 0.3 is 0 Å². The van der Waals surface area contributed by atoms with E-state index in [9.17, 15) is 13.2 Å². The van der Waals surface area contributed by atoms with E-state index in [-0.39, 0.29) is 30.0 Å². The summed E-state index contributed by atoms with van der Waals surface area (Å²) in [5.74, 6) is 1.83. The second-order valence-electron chi connectivity index (χ2n) is 7.69. The summed E-state index contributed by atoms with van der Waals surface area (Å²) >= 11 is 0. The molecule has 2 aliphatic rings. The molecule has 9 nitrogen and oxygen atoms in total. The van der Waals surface area contributed by atoms with Crippen LogP contribution in [0.15, 0.2) is 47.4 Å². The molecular formula is C22H26N2O7S. The van der Waals surface area contributed by atoms with Crippen molar-refractivity contribution in [1.82, 2.24) is 9.21 Å². The van der Waals surface area contributed by atoms with Gasteiger partial charge in [0.1, 0.15) is 6.61 Å². The molecule has 0 radical (unpaired) electrons. The van der Waals surface area contributed by atoms with E-state index in [1.807, 2.05) is 18.2 Å². The number of rotatable bonds is 6. The lowest BCUT2D eigenvalue weighted by Crippen LogP contribution is -2.45. The van der Waals surface area contributed by atoms with Gasteiger partial charge in [-0.2, -0.15) is 4.31 Å². The molecule has 1 unspecified atom stereocenters. The van der Waals surface area contributed by atoms with E-state index in [0.29, 0.717) is 42.8 Å². The van der Waals surface area contributed by atoms with Crippen molar-refractivity contribution in [3.05, 3.63) is 42.5 Å². The van der Waals surface area contributed by atoms with Gasteiger partial charge in [-0.05, 0) is 24.3 Å². The van der Waals surface area contributed by atoms with E-state index in [4.69, 9.17) is 18.9 Å². The Hall–Kier alpha value is -2.98. The number of nitrogens with zero attached hydrogens (tertiary/aromatic N) is 2. The van der Waals surface area contributed by atoms with Gasteiger partial charge in [-0.1, -0.05) is 12.1 Å². The average Bonchev–Trinajstić information content (AvgIpc) is 3.03. The Morgan fingerprint density at radius 3 is 2.44 bits per heavy atom. The standard InChI is InChI=1S/C22H26N2O7S/c1-23(13-16-15-30-18-6-3-4-7-20(18)31-16)22(25)14-24(2)32(26,27)17-8-9-19-21(12-17)29-11-5-10-28-19/h3-4,6-9,12,16H,5,10-11,13-15H2,1-2H3. The van der Waals surface area contributed by atoms with Gasteiger partial charge in [0.2, 0.25) is 15.9 Å². The first kappa shape index (κ1) is 22.2. The molecule has 2 aliphatic heterocycles. The van der Waals surface area contributed by atoms with Gasteiger partial charge in [0.25, 0.3) is 0 Å². The first-order chi connectivity index (χ1) is 15.3. The van der Waals surface area contributed by atoms with Crippen LogP contribution in [0.2, 0.25) is 0 Å². The van der Waals surface area contributed by atoms with E-state index in [2.05, 4.69) is 0 Å². The SMILES string of the molecule is CN(CC1COc2ccccc2O1)C(=O)CN(C)S(=O)(=O)c1ccc2c(c1)OCCCO2. The Bertz CT molecular complexity index is 1090. The van der Waals surface area contributed by atoms with Crippen molar-refractivity contribution in [3.8, 4) is 23.0 Å². The van der Waals surface area contributed by atoms with E-state index >= 15 is 0 Å². The molecule has 10 heteroatoms. The minimum atomic E-state index is -3.89. The second-order valence-corrected chi connectivity index (χ2v) is 9.74. The Morgan fingerprint density at radius 2 is 1.66 bits per heavy atom. The Balaban J connectivity index is 1.38. The molecular weight excluding hydrogens is 436 g/mol. The minimum absolute atomic E-state index is 0.0420. The van der Waals surface area contributed by atoms with Crippen LogP contribution >= 0.6 is 0 Å². The smallest absolute Gasteiger partial charge is 0.243 e. The fourth-order valence-electron chi connectivity index (χ4n) is 3.44.